The second kappa shape index (κ2) is 9.06. The van der Waals surface area contributed by atoms with Crippen LogP contribution in [0.1, 0.15) is 35.7 Å². The maximum Gasteiger partial charge on any atom is 0.170 e. The summed E-state index contributed by atoms with van der Waals surface area (Å²) >= 11 is 5.28. The quantitative estimate of drug-likeness (QED) is 0.454. The maximum atomic E-state index is 11.4. The van der Waals surface area contributed by atoms with E-state index in [9.17, 15) is 4.79 Å². The fourth-order valence-electron chi connectivity index (χ4n) is 2.29. The number of ketones is 1. The second-order valence-electron chi connectivity index (χ2n) is 5.46. The lowest BCUT2D eigenvalue weighted by atomic mass is 10.1. The fourth-order valence-corrected chi connectivity index (χ4v) is 2.51. The summed E-state index contributed by atoms with van der Waals surface area (Å²) in [5.41, 5.74) is 2.88. The first-order valence-electron chi connectivity index (χ1n) is 7.85. The third-order valence-corrected chi connectivity index (χ3v) is 3.79. The van der Waals surface area contributed by atoms with Crippen molar-refractivity contribution in [3.05, 3.63) is 65.7 Å². The molecule has 0 radical (unpaired) electrons. The first-order chi connectivity index (χ1) is 11.1. The largest absolute Gasteiger partial charge is 0.362 e. The summed E-state index contributed by atoms with van der Waals surface area (Å²) in [5, 5.41) is 6.90. The Bertz CT molecular complexity index is 655. The van der Waals surface area contributed by atoms with Crippen molar-refractivity contribution in [3.63, 3.8) is 0 Å². The topological polar surface area (TPSA) is 41.1 Å². The summed E-state index contributed by atoms with van der Waals surface area (Å²) in [6.07, 6.45) is 3.27. The van der Waals surface area contributed by atoms with Gasteiger partial charge in [0.05, 0.1) is 0 Å². The van der Waals surface area contributed by atoms with Crippen LogP contribution in [-0.2, 0) is 6.42 Å². The zero-order valence-corrected chi connectivity index (χ0v) is 14.2. The third kappa shape index (κ3) is 6.20. The summed E-state index contributed by atoms with van der Waals surface area (Å²) in [5.74, 6) is 0.0495. The molecule has 0 spiro atoms. The van der Waals surface area contributed by atoms with E-state index in [1.54, 1.807) is 13.0 Å². The number of carbonyl (C=O) groups excluding carboxylic acids is 1. The van der Waals surface area contributed by atoms with Gasteiger partial charge in [-0.3, -0.25) is 4.79 Å². The number of hydrogen-bond donors (Lipinski definition) is 2. The zero-order valence-electron chi connectivity index (χ0n) is 13.3. The molecule has 0 fully saturated rings. The van der Waals surface area contributed by atoms with E-state index in [1.807, 2.05) is 24.3 Å². The van der Waals surface area contributed by atoms with E-state index >= 15 is 0 Å². The molecule has 0 amide bonds. The van der Waals surface area contributed by atoms with Crippen molar-refractivity contribution < 1.29 is 4.79 Å². The number of thiocarbonyl (C=S) groups is 1. The summed E-state index contributed by atoms with van der Waals surface area (Å²) in [7, 11) is 0. The van der Waals surface area contributed by atoms with E-state index in [-0.39, 0.29) is 5.78 Å². The Morgan fingerprint density at radius 2 is 1.83 bits per heavy atom. The summed E-state index contributed by atoms with van der Waals surface area (Å²) in [4.78, 5) is 11.4. The van der Waals surface area contributed by atoms with Crippen molar-refractivity contribution in [1.82, 2.24) is 5.32 Å². The summed E-state index contributed by atoms with van der Waals surface area (Å²) < 4.78 is 0. The van der Waals surface area contributed by atoms with Gasteiger partial charge in [-0.2, -0.15) is 0 Å². The molecule has 120 valence electrons. The van der Waals surface area contributed by atoms with Crippen LogP contribution in [0.2, 0.25) is 0 Å². The van der Waals surface area contributed by atoms with E-state index in [4.69, 9.17) is 12.2 Å². The third-order valence-electron chi connectivity index (χ3n) is 3.55. The van der Waals surface area contributed by atoms with E-state index < -0.39 is 0 Å². The molecule has 0 aliphatic heterocycles. The minimum atomic E-state index is 0.0495. The van der Waals surface area contributed by atoms with Gasteiger partial charge in [0.25, 0.3) is 0 Å². The van der Waals surface area contributed by atoms with Crippen molar-refractivity contribution in [2.24, 2.45) is 0 Å². The van der Waals surface area contributed by atoms with E-state index in [2.05, 4.69) is 34.9 Å². The van der Waals surface area contributed by atoms with Gasteiger partial charge in [-0.15, -0.1) is 0 Å². The van der Waals surface area contributed by atoms with Crippen LogP contribution in [0.5, 0.6) is 0 Å². The molecular weight excluding hydrogens is 304 g/mol. The standard InChI is InChI=1S/C19H22N2OS/c1-15(22)17-11-7-12-18(14-17)21-19(23)20-13-6-5-10-16-8-3-2-4-9-16/h2-4,7-9,11-12,14H,5-6,10,13H2,1H3,(H2,20,21,23). The molecule has 0 saturated carbocycles. The normalized spacial score (nSPS) is 10.1. The molecule has 4 heteroatoms. The van der Waals surface area contributed by atoms with Gasteiger partial charge in [0.2, 0.25) is 0 Å². The zero-order chi connectivity index (χ0) is 16.5. The van der Waals surface area contributed by atoms with Crippen LogP contribution in [0, 0.1) is 0 Å². The van der Waals surface area contributed by atoms with E-state index in [0.29, 0.717) is 10.7 Å². The second-order valence-corrected chi connectivity index (χ2v) is 5.87. The lowest BCUT2D eigenvalue weighted by molar-refractivity contribution is 0.101. The van der Waals surface area contributed by atoms with Crippen molar-refractivity contribution >= 4 is 28.8 Å². The minimum absolute atomic E-state index is 0.0495. The molecule has 2 aromatic carbocycles. The van der Waals surface area contributed by atoms with Crippen LogP contribution in [0.15, 0.2) is 54.6 Å². The first kappa shape index (κ1) is 17.2. The smallest absolute Gasteiger partial charge is 0.170 e. The summed E-state index contributed by atoms with van der Waals surface area (Å²) in [6, 6.07) is 17.8. The molecule has 23 heavy (non-hydrogen) atoms. The van der Waals surface area contributed by atoms with Crippen molar-refractivity contribution in [2.45, 2.75) is 26.2 Å². The predicted octanol–water partition coefficient (Wildman–Crippen LogP) is 4.20. The van der Waals surface area contributed by atoms with Gasteiger partial charge < -0.3 is 10.6 Å². The van der Waals surface area contributed by atoms with Crippen molar-refractivity contribution in [1.29, 1.82) is 0 Å². The SMILES string of the molecule is CC(=O)c1cccc(NC(=S)NCCCCc2ccccc2)c1. The molecule has 0 bridgehead atoms. The summed E-state index contributed by atoms with van der Waals surface area (Å²) in [6.45, 7) is 2.40. The average molecular weight is 326 g/mol. The van der Waals surface area contributed by atoms with Gasteiger partial charge in [-0.05, 0) is 56.1 Å². The number of anilines is 1. The Hall–Kier alpha value is -2.20. The monoisotopic (exact) mass is 326 g/mol. The van der Waals surface area contributed by atoms with Gasteiger partial charge in [0.15, 0.2) is 10.9 Å². The highest BCUT2D eigenvalue weighted by molar-refractivity contribution is 7.80. The van der Waals surface area contributed by atoms with Crippen LogP contribution in [0.3, 0.4) is 0 Å². The Labute approximate surface area is 143 Å². The molecule has 2 N–H and O–H groups in total. The molecule has 0 atom stereocenters. The molecule has 0 unspecified atom stereocenters. The Morgan fingerprint density at radius 3 is 2.57 bits per heavy atom. The van der Waals surface area contributed by atoms with Crippen LogP contribution in [-0.4, -0.2) is 17.4 Å². The molecule has 0 aliphatic carbocycles. The van der Waals surface area contributed by atoms with Crippen LogP contribution in [0.4, 0.5) is 5.69 Å². The number of benzene rings is 2. The average Bonchev–Trinajstić information content (AvgIpc) is 2.55. The Morgan fingerprint density at radius 1 is 1.04 bits per heavy atom. The molecule has 2 aromatic rings. The molecule has 0 saturated heterocycles. The molecular formula is C19H22N2OS. The fraction of sp³-hybridized carbons (Fsp3) is 0.263. The van der Waals surface area contributed by atoms with Gasteiger partial charge >= 0.3 is 0 Å². The van der Waals surface area contributed by atoms with Crippen LogP contribution >= 0.6 is 12.2 Å². The molecule has 0 heterocycles. The number of rotatable bonds is 7. The molecule has 3 nitrogen and oxygen atoms in total. The number of aryl methyl sites for hydroxylation is 1. The number of hydrogen-bond acceptors (Lipinski definition) is 2. The van der Waals surface area contributed by atoms with Crippen molar-refractivity contribution in [3.8, 4) is 0 Å². The maximum absolute atomic E-state index is 11.4. The highest BCUT2D eigenvalue weighted by Gasteiger charge is 2.02. The van der Waals surface area contributed by atoms with Crippen LogP contribution in [0.25, 0.3) is 0 Å². The Kier molecular flexibility index (Phi) is 6.76. The highest BCUT2D eigenvalue weighted by Crippen LogP contribution is 2.11. The van der Waals surface area contributed by atoms with Crippen molar-refractivity contribution in [2.75, 3.05) is 11.9 Å². The number of carbonyl (C=O) groups is 1. The van der Waals surface area contributed by atoms with E-state index in [1.165, 1.54) is 5.56 Å². The lowest BCUT2D eigenvalue weighted by Gasteiger charge is -2.11. The minimum Gasteiger partial charge on any atom is -0.362 e. The predicted molar refractivity (Wildman–Crippen MR) is 100 cm³/mol. The van der Waals surface area contributed by atoms with Gasteiger partial charge in [-0.25, -0.2) is 0 Å². The number of nitrogens with one attached hydrogen (secondary N) is 2. The first-order valence-corrected chi connectivity index (χ1v) is 8.26. The number of unbranched alkanes of at least 4 members (excludes halogenated alkanes) is 1. The van der Waals surface area contributed by atoms with Gasteiger partial charge in [-0.1, -0.05) is 42.5 Å². The molecule has 2 rings (SSSR count). The van der Waals surface area contributed by atoms with Crippen LogP contribution < -0.4 is 10.6 Å². The molecule has 0 aliphatic rings. The van der Waals surface area contributed by atoms with Gasteiger partial charge in [0.1, 0.15) is 0 Å². The number of Topliss-reactive ketones (excluding diaryl/α,β-unsaturated/α-hetero) is 1. The highest BCUT2D eigenvalue weighted by atomic mass is 32.1. The van der Waals surface area contributed by atoms with Gasteiger partial charge in [0, 0.05) is 17.8 Å². The Balaban J connectivity index is 1.67. The lowest BCUT2D eigenvalue weighted by Crippen LogP contribution is -2.29. The molecule has 0 aromatic heterocycles. The van der Waals surface area contributed by atoms with E-state index in [0.717, 1.165) is 31.5 Å².